The van der Waals surface area contributed by atoms with E-state index in [-0.39, 0.29) is 24.5 Å². The minimum atomic E-state index is -0.631. The Morgan fingerprint density at radius 2 is 1.88 bits per heavy atom. The third kappa shape index (κ3) is 5.75. The van der Waals surface area contributed by atoms with Gasteiger partial charge >= 0.3 is 0 Å². The second-order valence-corrected chi connectivity index (χ2v) is 11.7. The van der Waals surface area contributed by atoms with Crippen LogP contribution in [0, 0.1) is 0 Å². The number of hydrogen-bond acceptors (Lipinski definition) is 7. The molecule has 3 fully saturated rings. The van der Waals surface area contributed by atoms with Gasteiger partial charge in [0.1, 0.15) is 17.9 Å². The number of benzene rings is 1. The van der Waals surface area contributed by atoms with Crippen LogP contribution in [-0.2, 0) is 16.6 Å². The maximum Gasteiger partial charge on any atom is 0.258 e. The first-order valence-corrected chi connectivity index (χ1v) is 14.9. The first kappa shape index (κ1) is 27.2. The van der Waals surface area contributed by atoms with Crippen molar-refractivity contribution >= 4 is 11.8 Å². The van der Waals surface area contributed by atoms with Gasteiger partial charge in [-0.1, -0.05) is 25.3 Å². The van der Waals surface area contributed by atoms with Crippen LogP contribution in [0.5, 0.6) is 5.75 Å². The number of aliphatic hydroxyl groups is 1. The predicted molar refractivity (Wildman–Crippen MR) is 149 cm³/mol. The normalized spacial score (nSPS) is 29.1. The molecule has 2 N–H and O–H groups in total. The second-order valence-electron chi connectivity index (χ2n) is 11.7. The second kappa shape index (κ2) is 11.9. The van der Waals surface area contributed by atoms with Crippen molar-refractivity contribution in [3.05, 3.63) is 36.2 Å². The summed E-state index contributed by atoms with van der Waals surface area (Å²) in [7, 11) is 1.87. The summed E-state index contributed by atoms with van der Waals surface area (Å²) in [6.07, 6.45) is 10.5. The van der Waals surface area contributed by atoms with Crippen molar-refractivity contribution in [3.8, 4) is 16.9 Å². The Bertz CT molecular complexity index is 1210. The summed E-state index contributed by atoms with van der Waals surface area (Å²) in [5.74, 6) is 0.118. The van der Waals surface area contributed by atoms with Crippen LogP contribution >= 0.6 is 0 Å². The third-order valence-corrected chi connectivity index (χ3v) is 9.07. The number of ether oxygens (including phenoxy) is 2. The zero-order valence-corrected chi connectivity index (χ0v) is 23.3. The lowest BCUT2D eigenvalue weighted by Crippen LogP contribution is -2.63. The Balaban J connectivity index is 1.32. The molecule has 10 heteroatoms. The first-order chi connectivity index (χ1) is 19.5. The average Bonchev–Trinajstić information content (AvgIpc) is 3.42. The van der Waals surface area contributed by atoms with Gasteiger partial charge in [0, 0.05) is 57.4 Å². The van der Waals surface area contributed by atoms with Crippen LogP contribution in [0.15, 0.2) is 30.6 Å². The standard InChI is InChI=1S/C30H41N5O5/c1-33-18-21(16-32-33)20-7-9-24-27(15-20)39-14-11-23-8-10-26(36)28(40-23)17-31-29(37)25-19-34(12-13-35(25)30(24)38)22-5-3-2-4-6-22/h7,9,15-16,18,22-23,25-26,28,36H,2-6,8,10-14,17,19H2,1H3,(H,31,37)/t23-,25-,26-,28+/m0/s1. The van der Waals surface area contributed by atoms with Crippen molar-refractivity contribution in [1.29, 1.82) is 0 Å². The predicted octanol–water partition coefficient (Wildman–Crippen LogP) is 2.35. The fourth-order valence-corrected chi connectivity index (χ4v) is 6.74. The van der Waals surface area contributed by atoms with Gasteiger partial charge in [-0.3, -0.25) is 19.2 Å². The number of nitrogens with zero attached hydrogens (tertiary/aromatic N) is 4. The number of rotatable bonds is 2. The van der Waals surface area contributed by atoms with Crippen LogP contribution in [0.25, 0.3) is 11.1 Å². The average molecular weight is 552 g/mol. The number of fused-ring (bicyclic) bond motifs is 4. The van der Waals surface area contributed by atoms with Crippen molar-refractivity contribution in [2.24, 2.45) is 7.05 Å². The van der Waals surface area contributed by atoms with E-state index in [1.54, 1.807) is 15.8 Å². The van der Waals surface area contributed by atoms with E-state index < -0.39 is 18.2 Å². The van der Waals surface area contributed by atoms with Crippen molar-refractivity contribution in [1.82, 2.24) is 24.9 Å². The molecule has 6 rings (SSSR count). The smallest absolute Gasteiger partial charge is 0.258 e. The van der Waals surface area contributed by atoms with Gasteiger partial charge in [0.15, 0.2) is 0 Å². The molecule has 2 aromatic rings. The van der Waals surface area contributed by atoms with Crippen LogP contribution < -0.4 is 10.1 Å². The van der Waals surface area contributed by atoms with Crippen LogP contribution in [-0.4, -0.2) is 99.7 Å². The highest BCUT2D eigenvalue weighted by atomic mass is 16.5. The lowest BCUT2D eigenvalue weighted by Gasteiger charge is -2.45. The maximum absolute atomic E-state index is 14.1. The highest BCUT2D eigenvalue weighted by molar-refractivity contribution is 6.00. The molecule has 0 unspecified atom stereocenters. The SMILES string of the molecule is Cn1cc(-c2ccc3c(c2)OCC[C@@H]2CC[C@H](O)[C@@H](CNC(=O)[C@@H]4CN(C5CCCCC5)CCN4C3=O)O2)cn1. The summed E-state index contributed by atoms with van der Waals surface area (Å²) in [4.78, 5) is 32.0. The van der Waals surface area contributed by atoms with E-state index >= 15 is 0 Å². The van der Waals surface area contributed by atoms with E-state index in [1.807, 2.05) is 31.4 Å². The molecule has 1 aliphatic carbocycles. The minimum Gasteiger partial charge on any atom is -0.493 e. The Labute approximate surface area is 235 Å². The van der Waals surface area contributed by atoms with E-state index in [1.165, 1.54) is 19.3 Å². The first-order valence-electron chi connectivity index (χ1n) is 14.9. The molecule has 2 saturated heterocycles. The molecule has 2 amide bonds. The van der Waals surface area contributed by atoms with Crippen LogP contribution in [0.4, 0.5) is 0 Å². The molecule has 4 aliphatic rings. The Hall–Kier alpha value is -2.95. The number of aliphatic hydroxyl groups excluding tert-OH is 1. The Kier molecular flexibility index (Phi) is 8.09. The van der Waals surface area contributed by atoms with Crippen molar-refractivity contribution in [2.45, 2.75) is 81.8 Å². The number of piperazine rings is 1. The summed E-state index contributed by atoms with van der Waals surface area (Å²) in [6.45, 7) is 2.33. The molecule has 1 saturated carbocycles. The van der Waals surface area contributed by atoms with Crippen LogP contribution in [0.1, 0.15) is 61.7 Å². The number of amides is 2. The molecule has 0 spiro atoms. The number of carbonyl (C=O) groups excluding carboxylic acids is 2. The van der Waals surface area contributed by atoms with Crippen molar-refractivity contribution in [2.75, 3.05) is 32.8 Å². The molecule has 0 radical (unpaired) electrons. The number of aromatic nitrogens is 2. The zero-order chi connectivity index (χ0) is 27.6. The zero-order valence-electron chi connectivity index (χ0n) is 23.3. The van der Waals surface area contributed by atoms with E-state index in [9.17, 15) is 14.7 Å². The molecule has 1 aromatic carbocycles. The van der Waals surface area contributed by atoms with E-state index in [0.29, 0.717) is 49.9 Å². The third-order valence-electron chi connectivity index (χ3n) is 9.07. The number of carbonyl (C=O) groups is 2. The van der Waals surface area contributed by atoms with Gasteiger partial charge in [0.2, 0.25) is 5.91 Å². The van der Waals surface area contributed by atoms with E-state index in [2.05, 4.69) is 15.3 Å². The van der Waals surface area contributed by atoms with Gasteiger partial charge in [-0.15, -0.1) is 0 Å². The molecule has 2 bridgehead atoms. The maximum atomic E-state index is 14.1. The molecular formula is C30H41N5O5. The van der Waals surface area contributed by atoms with E-state index in [4.69, 9.17) is 9.47 Å². The van der Waals surface area contributed by atoms with Gasteiger partial charge in [0.05, 0.1) is 30.6 Å². The summed E-state index contributed by atoms with van der Waals surface area (Å²) in [5.41, 5.74) is 2.31. The van der Waals surface area contributed by atoms with Gasteiger partial charge < -0.3 is 24.8 Å². The van der Waals surface area contributed by atoms with Gasteiger partial charge in [-0.2, -0.15) is 5.10 Å². The van der Waals surface area contributed by atoms with Crippen LogP contribution in [0.3, 0.4) is 0 Å². The van der Waals surface area contributed by atoms with Gasteiger partial charge in [-0.05, 0) is 43.4 Å². The van der Waals surface area contributed by atoms with Crippen molar-refractivity contribution < 1.29 is 24.2 Å². The number of nitrogens with one attached hydrogen (secondary N) is 1. The van der Waals surface area contributed by atoms with Crippen molar-refractivity contribution in [3.63, 3.8) is 0 Å². The Morgan fingerprint density at radius 3 is 2.67 bits per heavy atom. The summed E-state index contributed by atoms with van der Waals surface area (Å²) >= 11 is 0. The molecule has 1 aromatic heterocycles. The monoisotopic (exact) mass is 551 g/mol. The number of hydrogen-bond donors (Lipinski definition) is 2. The largest absolute Gasteiger partial charge is 0.493 e. The molecular weight excluding hydrogens is 510 g/mol. The molecule has 40 heavy (non-hydrogen) atoms. The number of aryl methyl sites for hydroxylation is 1. The van der Waals surface area contributed by atoms with Crippen LogP contribution in [0.2, 0.25) is 0 Å². The fourth-order valence-electron chi connectivity index (χ4n) is 6.74. The molecule has 216 valence electrons. The summed E-state index contributed by atoms with van der Waals surface area (Å²) in [5, 5.41) is 17.9. The summed E-state index contributed by atoms with van der Waals surface area (Å²) in [6, 6.07) is 5.46. The topological polar surface area (TPSA) is 109 Å². The van der Waals surface area contributed by atoms with Gasteiger partial charge in [0.25, 0.3) is 5.91 Å². The Morgan fingerprint density at radius 1 is 1.02 bits per heavy atom. The lowest BCUT2D eigenvalue weighted by atomic mass is 9.93. The highest BCUT2D eigenvalue weighted by Crippen LogP contribution is 2.32. The van der Waals surface area contributed by atoms with E-state index in [0.717, 1.165) is 36.9 Å². The molecule has 10 nitrogen and oxygen atoms in total. The summed E-state index contributed by atoms with van der Waals surface area (Å²) < 4.78 is 14.2. The van der Waals surface area contributed by atoms with Gasteiger partial charge in [-0.25, -0.2) is 0 Å². The quantitative estimate of drug-likeness (QED) is 0.590. The molecule has 3 aliphatic heterocycles. The molecule has 4 heterocycles. The highest BCUT2D eigenvalue weighted by Gasteiger charge is 2.40. The minimum absolute atomic E-state index is 0.0816. The fraction of sp³-hybridized carbons (Fsp3) is 0.633. The molecule has 4 atom stereocenters. The lowest BCUT2D eigenvalue weighted by molar-refractivity contribution is -0.135.